The summed E-state index contributed by atoms with van der Waals surface area (Å²) in [5.41, 5.74) is 3.12. The summed E-state index contributed by atoms with van der Waals surface area (Å²) in [7, 11) is 1.88. The van der Waals surface area contributed by atoms with Crippen LogP contribution in [0.4, 0.5) is 22.4 Å². The van der Waals surface area contributed by atoms with Crippen LogP contribution in [0, 0.1) is 11.3 Å². The molecule has 0 radical (unpaired) electrons. The van der Waals surface area contributed by atoms with E-state index in [0.29, 0.717) is 49.2 Å². The quantitative estimate of drug-likeness (QED) is 0.264. The van der Waals surface area contributed by atoms with Crippen LogP contribution in [0.25, 0.3) is 11.1 Å². The Bertz CT molecular complexity index is 1790. The van der Waals surface area contributed by atoms with E-state index in [2.05, 4.69) is 32.1 Å². The number of anilines is 3. The highest BCUT2D eigenvalue weighted by atomic mass is 16.2. The van der Waals surface area contributed by atoms with E-state index in [-0.39, 0.29) is 29.6 Å². The molecule has 0 unspecified atom stereocenters. The Hall–Kier alpha value is -5.51. The fourth-order valence-electron chi connectivity index (χ4n) is 6.85. The van der Waals surface area contributed by atoms with Crippen LogP contribution < -0.4 is 25.8 Å². The number of amides is 3. The van der Waals surface area contributed by atoms with Gasteiger partial charge in [-0.1, -0.05) is 30.3 Å². The number of pyridine rings is 1. The number of nitriles is 1. The third-order valence-corrected chi connectivity index (χ3v) is 9.34. The number of nitrogens with zero attached hydrogens (tertiary/aromatic N) is 8. The lowest BCUT2D eigenvalue weighted by molar-refractivity contribution is -0.119. The van der Waals surface area contributed by atoms with Crippen molar-refractivity contribution in [2.24, 2.45) is 7.05 Å². The van der Waals surface area contributed by atoms with E-state index in [0.717, 1.165) is 48.8 Å². The molecule has 1 saturated carbocycles. The summed E-state index contributed by atoms with van der Waals surface area (Å²) >= 11 is 0. The summed E-state index contributed by atoms with van der Waals surface area (Å²) in [4.78, 5) is 43.2. The molecule has 3 aromatic heterocycles. The topological polar surface area (TPSA) is 157 Å². The second-order valence-corrected chi connectivity index (χ2v) is 12.7. The number of aromatic nitrogens is 5. The maximum absolute atomic E-state index is 13.7. The number of hydrogen-bond acceptors (Lipinski definition) is 9. The van der Waals surface area contributed by atoms with Crippen LogP contribution in [0.1, 0.15) is 49.7 Å². The molecular weight excluding hydrogens is 594 g/mol. The molecule has 5 heterocycles. The van der Waals surface area contributed by atoms with Gasteiger partial charge in [0.25, 0.3) is 0 Å². The number of urea groups is 1. The fraction of sp³-hybridized carbons (Fsp3) is 0.382. The minimum Gasteiger partial charge on any atom is -0.351 e. The first-order chi connectivity index (χ1) is 22.9. The number of carbonyl (C=O) groups excluding carboxylic acids is 2. The highest BCUT2D eigenvalue weighted by Crippen LogP contribution is 2.35. The van der Waals surface area contributed by atoms with Gasteiger partial charge in [0.1, 0.15) is 17.5 Å². The molecular formula is C34H37N11O2. The van der Waals surface area contributed by atoms with Crippen molar-refractivity contribution >= 4 is 29.5 Å². The fourth-order valence-corrected chi connectivity index (χ4v) is 6.85. The van der Waals surface area contributed by atoms with E-state index < -0.39 is 0 Å². The molecule has 1 aromatic carbocycles. The molecule has 240 valence electrons. The van der Waals surface area contributed by atoms with Gasteiger partial charge in [-0.05, 0) is 49.8 Å². The summed E-state index contributed by atoms with van der Waals surface area (Å²) < 4.78 is 1.75. The van der Waals surface area contributed by atoms with Gasteiger partial charge < -0.3 is 20.9 Å². The number of hydrogen-bond donors (Lipinski definition) is 3. The van der Waals surface area contributed by atoms with Crippen molar-refractivity contribution in [3.63, 3.8) is 0 Å². The van der Waals surface area contributed by atoms with Gasteiger partial charge in [-0.2, -0.15) is 15.3 Å². The molecule has 3 amide bonds. The molecule has 3 fully saturated rings. The van der Waals surface area contributed by atoms with Crippen molar-refractivity contribution in [2.45, 2.75) is 62.7 Å². The standard InChI is InChI=1S/C34H37N11O2/c1-43-20-26(19-39-43)24-7-12-29(36-17-24)45(33(47)38-16-23-5-3-2-4-6-23)28-10-8-27(9-11-28)40-32-37-18-25(15-35)31(41-32)44-21-34(22-44)14-13-30(46)42-34/h2-7,12,17-20,27-28H,8-11,13-14,16,21-22H2,1H3,(H,38,47)(H,42,46)(H,37,40,41)/t27-,28-. The monoisotopic (exact) mass is 631 g/mol. The lowest BCUT2D eigenvalue weighted by Crippen LogP contribution is -2.67. The molecule has 2 aliphatic heterocycles. The Morgan fingerprint density at radius 3 is 2.53 bits per heavy atom. The van der Waals surface area contributed by atoms with Crippen molar-refractivity contribution in [1.82, 2.24) is 35.4 Å². The van der Waals surface area contributed by atoms with Crippen LogP contribution in [0.5, 0.6) is 0 Å². The van der Waals surface area contributed by atoms with Crippen molar-refractivity contribution in [3.8, 4) is 17.2 Å². The molecule has 1 spiro atoms. The smallest absolute Gasteiger partial charge is 0.323 e. The van der Waals surface area contributed by atoms with E-state index in [9.17, 15) is 14.9 Å². The number of carbonyl (C=O) groups is 2. The number of aryl methyl sites for hydroxylation is 1. The van der Waals surface area contributed by atoms with Gasteiger partial charge in [0.2, 0.25) is 11.9 Å². The largest absolute Gasteiger partial charge is 0.351 e. The Morgan fingerprint density at radius 2 is 1.87 bits per heavy atom. The lowest BCUT2D eigenvalue weighted by atomic mass is 9.88. The first-order valence-corrected chi connectivity index (χ1v) is 16.0. The molecule has 0 atom stereocenters. The van der Waals surface area contributed by atoms with Crippen LogP contribution in [0.2, 0.25) is 0 Å². The normalized spacial score (nSPS) is 19.8. The molecule has 7 rings (SSSR count). The van der Waals surface area contributed by atoms with E-state index >= 15 is 0 Å². The maximum atomic E-state index is 13.7. The van der Waals surface area contributed by atoms with Gasteiger partial charge in [0.15, 0.2) is 5.82 Å². The molecule has 3 aliphatic rings. The molecule has 13 heteroatoms. The second kappa shape index (κ2) is 12.7. The average molecular weight is 632 g/mol. The van der Waals surface area contributed by atoms with Gasteiger partial charge in [0, 0.05) is 68.7 Å². The van der Waals surface area contributed by atoms with E-state index in [1.54, 1.807) is 28.2 Å². The van der Waals surface area contributed by atoms with E-state index in [4.69, 9.17) is 9.97 Å². The van der Waals surface area contributed by atoms with E-state index in [1.807, 2.05) is 60.6 Å². The highest BCUT2D eigenvalue weighted by molar-refractivity contribution is 5.91. The van der Waals surface area contributed by atoms with Gasteiger partial charge in [-0.3, -0.25) is 14.4 Å². The van der Waals surface area contributed by atoms with Crippen LogP contribution in [0.3, 0.4) is 0 Å². The summed E-state index contributed by atoms with van der Waals surface area (Å²) in [5, 5.41) is 23.6. The van der Waals surface area contributed by atoms with Crippen molar-refractivity contribution in [3.05, 3.63) is 78.4 Å². The summed E-state index contributed by atoms with van der Waals surface area (Å²) in [6, 6.07) is 15.8. The second-order valence-electron chi connectivity index (χ2n) is 12.7. The van der Waals surface area contributed by atoms with Crippen LogP contribution in [0.15, 0.2) is 67.3 Å². The molecule has 4 aromatic rings. The Kier molecular flexibility index (Phi) is 8.15. The molecule has 1 aliphatic carbocycles. The van der Waals surface area contributed by atoms with Crippen LogP contribution in [-0.2, 0) is 18.4 Å². The Labute approximate surface area is 273 Å². The molecule has 2 saturated heterocycles. The Morgan fingerprint density at radius 1 is 1.06 bits per heavy atom. The van der Waals surface area contributed by atoms with Crippen LogP contribution in [-0.4, -0.2) is 67.4 Å². The van der Waals surface area contributed by atoms with Gasteiger partial charge in [0.05, 0.1) is 17.9 Å². The van der Waals surface area contributed by atoms with Crippen molar-refractivity contribution in [1.29, 1.82) is 5.26 Å². The van der Waals surface area contributed by atoms with Crippen molar-refractivity contribution in [2.75, 3.05) is 28.2 Å². The first kappa shape index (κ1) is 30.2. The first-order valence-electron chi connectivity index (χ1n) is 16.0. The number of benzene rings is 1. The Balaban J connectivity index is 1.03. The van der Waals surface area contributed by atoms with Gasteiger partial charge in [-0.15, -0.1) is 0 Å². The van der Waals surface area contributed by atoms with Crippen LogP contribution >= 0.6 is 0 Å². The number of nitrogens with one attached hydrogen (secondary N) is 3. The zero-order chi connectivity index (χ0) is 32.4. The zero-order valence-electron chi connectivity index (χ0n) is 26.3. The summed E-state index contributed by atoms with van der Waals surface area (Å²) in [6.45, 7) is 1.69. The molecule has 47 heavy (non-hydrogen) atoms. The maximum Gasteiger partial charge on any atom is 0.323 e. The molecule has 13 nitrogen and oxygen atoms in total. The predicted octanol–water partition coefficient (Wildman–Crippen LogP) is 3.75. The average Bonchev–Trinajstić information content (AvgIpc) is 3.70. The predicted molar refractivity (Wildman–Crippen MR) is 176 cm³/mol. The third-order valence-electron chi connectivity index (χ3n) is 9.34. The SMILES string of the molecule is Cn1cc(-c2ccc(N(C(=O)NCc3ccccc3)[C@H]3CC[C@H](Nc4ncc(C#N)c(N5CC6(CCC(=O)N6)C5)n4)CC3)nc2)cn1. The van der Waals surface area contributed by atoms with Gasteiger partial charge in [-0.25, -0.2) is 14.8 Å². The highest BCUT2D eigenvalue weighted by Gasteiger charge is 2.48. The summed E-state index contributed by atoms with van der Waals surface area (Å²) in [5.74, 6) is 1.75. The molecule has 0 bridgehead atoms. The zero-order valence-corrected chi connectivity index (χ0v) is 26.3. The van der Waals surface area contributed by atoms with Gasteiger partial charge >= 0.3 is 6.03 Å². The van der Waals surface area contributed by atoms with E-state index in [1.165, 1.54) is 0 Å². The summed E-state index contributed by atoms with van der Waals surface area (Å²) in [6.07, 6.45) is 11.6. The minimum atomic E-state index is -0.214. The molecule has 3 N–H and O–H groups in total. The minimum absolute atomic E-state index is 0.0445. The lowest BCUT2D eigenvalue weighted by Gasteiger charge is -2.48. The van der Waals surface area contributed by atoms with Crippen molar-refractivity contribution < 1.29 is 9.59 Å². The third kappa shape index (κ3) is 6.44. The number of rotatable bonds is 8.